The number of halogens is 1. The molecular weight excluding hydrogens is 322 g/mol. The first-order chi connectivity index (χ1) is 11.5. The molecule has 1 unspecified atom stereocenters. The minimum Gasteiger partial charge on any atom is -0.296 e. The fourth-order valence-electron chi connectivity index (χ4n) is 2.99. The van der Waals surface area contributed by atoms with E-state index in [-0.39, 0.29) is 6.04 Å². The van der Waals surface area contributed by atoms with Crippen LogP contribution in [0.2, 0.25) is 5.02 Å². The highest BCUT2D eigenvalue weighted by Gasteiger charge is 2.25. The average molecular weight is 342 g/mol. The number of aryl methyl sites for hydroxylation is 2. The van der Waals surface area contributed by atoms with Crippen LogP contribution >= 0.6 is 11.6 Å². The summed E-state index contributed by atoms with van der Waals surface area (Å²) in [4.78, 5) is 2.10. The van der Waals surface area contributed by atoms with Gasteiger partial charge in [-0.15, -0.1) is 5.10 Å². The van der Waals surface area contributed by atoms with Gasteiger partial charge in [0.25, 0.3) is 0 Å². The number of tetrazole rings is 1. The maximum absolute atomic E-state index is 6.03. The fourth-order valence-corrected chi connectivity index (χ4v) is 3.11. The van der Waals surface area contributed by atoms with Crippen molar-refractivity contribution >= 4 is 11.6 Å². The monoisotopic (exact) mass is 341 g/mol. The topological polar surface area (TPSA) is 46.8 Å². The first-order valence-corrected chi connectivity index (χ1v) is 8.13. The van der Waals surface area contributed by atoms with Crippen LogP contribution in [0.5, 0.6) is 0 Å². The number of para-hydroxylation sites is 1. The third kappa shape index (κ3) is 3.05. The first kappa shape index (κ1) is 16.6. The molecule has 0 aliphatic rings. The van der Waals surface area contributed by atoms with Gasteiger partial charge in [0.1, 0.15) is 0 Å². The van der Waals surface area contributed by atoms with Crippen LogP contribution in [0.25, 0.3) is 5.69 Å². The van der Waals surface area contributed by atoms with Crippen molar-refractivity contribution in [2.45, 2.75) is 19.9 Å². The van der Waals surface area contributed by atoms with E-state index in [9.17, 15) is 0 Å². The largest absolute Gasteiger partial charge is 0.296 e. The lowest BCUT2D eigenvalue weighted by Crippen LogP contribution is -2.25. The van der Waals surface area contributed by atoms with Crippen molar-refractivity contribution in [1.82, 2.24) is 25.1 Å². The van der Waals surface area contributed by atoms with Crippen LogP contribution in [-0.2, 0) is 0 Å². The van der Waals surface area contributed by atoms with Crippen molar-refractivity contribution < 1.29 is 0 Å². The van der Waals surface area contributed by atoms with Gasteiger partial charge in [-0.3, -0.25) is 4.90 Å². The highest BCUT2D eigenvalue weighted by atomic mass is 35.5. The molecule has 0 fully saturated rings. The molecule has 124 valence electrons. The molecule has 0 amide bonds. The second-order valence-corrected chi connectivity index (χ2v) is 6.54. The van der Waals surface area contributed by atoms with Gasteiger partial charge in [-0.1, -0.05) is 41.9 Å². The Hall–Kier alpha value is -2.24. The molecule has 3 aromatic rings. The van der Waals surface area contributed by atoms with Gasteiger partial charge in [-0.25, -0.2) is 0 Å². The predicted octanol–water partition coefficient (Wildman–Crippen LogP) is 3.58. The molecule has 1 aromatic heterocycles. The first-order valence-electron chi connectivity index (χ1n) is 7.76. The highest BCUT2D eigenvalue weighted by molar-refractivity contribution is 6.30. The molecule has 0 saturated carbocycles. The van der Waals surface area contributed by atoms with Crippen LogP contribution in [0.3, 0.4) is 0 Å². The van der Waals surface area contributed by atoms with Crippen molar-refractivity contribution in [3.63, 3.8) is 0 Å². The molecule has 24 heavy (non-hydrogen) atoms. The van der Waals surface area contributed by atoms with Crippen LogP contribution in [-0.4, -0.2) is 39.2 Å². The van der Waals surface area contributed by atoms with E-state index in [1.807, 2.05) is 49.1 Å². The Labute approximate surface area is 146 Å². The minimum absolute atomic E-state index is 0.0729. The lowest BCUT2D eigenvalue weighted by molar-refractivity contribution is 0.325. The summed E-state index contributed by atoms with van der Waals surface area (Å²) in [6.45, 7) is 4.14. The van der Waals surface area contributed by atoms with E-state index < -0.39 is 0 Å². The summed E-state index contributed by atoms with van der Waals surface area (Å²) in [7, 11) is 4.03. The molecular formula is C18H20ClN5. The van der Waals surface area contributed by atoms with Gasteiger partial charge in [-0.2, -0.15) is 4.68 Å². The molecule has 1 heterocycles. The van der Waals surface area contributed by atoms with Crippen molar-refractivity contribution in [2.24, 2.45) is 0 Å². The molecule has 0 saturated heterocycles. The fraction of sp³-hybridized carbons (Fsp3) is 0.278. The van der Waals surface area contributed by atoms with Gasteiger partial charge in [0.2, 0.25) is 0 Å². The summed E-state index contributed by atoms with van der Waals surface area (Å²) < 4.78 is 1.84. The zero-order valence-electron chi connectivity index (χ0n) is 14.2. The average Bonchev–Trinajstić information content (AvgIpc) is 2.98. The Morgan fingerprint density at radius 3 is 2.21 bits per heavy atom. The van der Waals surface area contributed by atoms with Crippen LogP contribution in [0.15, 0.2) is 42.5 Å². The van der Waals surface area contributed by atoms with E-state index in [0.717, 1.165) is 28.2 Å². The zero-order chi connectivity index (χ0) is 17.3. The van der Waals surface area contributed by atoms with E-state index in [0.29, 0.717) is 5.02 Å². The maximum atomic E-state index is 6.03. The Morgan fingerprint density at radius 1 is 1.00 bits per heavy atom. The van der Waals surface area contributed by atoms with Gasteiger partial charge >= 0.3 is 0 Å². The van der Waals surface area contributed by atoms with Crippen molar-refractivity contribution in [3.05, 3.63) is 70.0 Å². The quantitative estimate of drug-likeness (QED) is 0.727. The lowest BCUT2D eigenvalue weighted by atomic mass is 10.0. The molecule has 1 atom stereocenters. The molecule has 0 spiro atoms. The number of nitrogens with zero attached hydrogens (tertiary/aromatic N) is 5. The molecule has 0 N–H and O–H groups in total. The van der Waals surface area contributed by atoms with Crippen LogP contribution < -0.4 is 0 Å². The van der Waals surface area contributed by atoms with E-state index in [2.05, 4.69) is 46.4 Å². The standard InChI is InChI=1S/C18H20ClN5/c1-12-6-5-7-13(2)16(12)24-18(20-21-22-24)17(23(3)4)14-8-10-15(19)11-9-14/h5-11,17H,1-4H3. The third-order valence-corrected chi connectivity index (χ3v) is 4.34. The van der Waals surface area contributed by atoms with Crippen molar-refractivity contribution in [1.29, 1.82) is 0 Å². The molecule has 5 nitrogen and oxygen atoms in total. The second-order valence-electron chi connectivity index (χ2n) is 6.11. The van der Waals surface area contributed by atoms with Gasteiger partial charge < -0.3 is 0 Å². The van der Waals surface area contributed by atoms with Gasteiger partial charge in [0.15, 0.2) is 5.82 Å². The Kier molecular flexibility index (Phi) is 4.64. The number of rotatable bonds is 4. The molecule has 2 aromatic carbocycles. The minimum atomic E-state index is -0.0729. The van der Waals surface area contributed by atoms with E-state index in [1.54, 1.807) is 0 Å². The molecule has 6 heteroatoms. The predicted molar refractivity (Wildman–Crippen MR) is 95.6 cm³/mol. The number of hydrogen-bond acceptors (Lipinski definition) is 4. The molecule has 0 aliphatic carbocycles. The number of aromatic nitrogens is 4. The molecule has 0 bridgehead atoms. The summed E-state index contributed by atoms with van der Waals surface area (Å²) in [5.41, 5.74) is 4.39. The Morgan fingerprint density at radius 2 is 1.62 bits per heavy atom. The van der Waals surface area contributed by atoms with Gasteiger partial charge in [0, 0.05) is 5.02 Å². The summed E-state index contributed by atoms with van der Waals surface area (Å²) >= 11 is 6.03. The van der Waals surface area contributed by atoms with E-state index in [4.69, 9.17) is 11.6 Å². The molecule has 3 rings (SSSR count). The smallest absolute Gasteiger partial charge is 0.178 e. The maximum Gasteiger partial charge on any atom is 0.178 e. The Bertz CT molecular complexity index is 819. The molecule has 0 aliphatic heterocycles. The zero-order valence-corrected chi connectivity index (χ0v) is 15.0. The van der Waals surface area contributed by atoms with Gasteiger partial charge in [0.05, 0.1) is 11.7 Å². The summed E-state index contributed by atoms with van der Waals surface area (Å²) in [6.07, 6.45) is 0. The second kappa shape index (κ2) is 6.71. The Balaban J connectivity index is 2.15. The lowest BCUT2D eigenvalue weighted by Gasteiger charge is -2.24. The van der Waals surface area contributed by atoms with Crippen molar-refractivity contribution in [3.8, 4) is 5.69 Å². The highest BCUT2D eigenvalue weighted by Crippen LogP contribution is 2.29. The number of hydrogen-bond donors (Lipinski definition) is 0. The van der Waals surface area contributed by atoms with Crippen LogP contribution in [0.1, 0.15) is 28.6 Å². The number of benzene rings is 2. The third-order valence-electron chi connectivity index (χ3n) is 4.09. The molecule has 0 radical (unpaired) electrons. The summed E-state index contributed by atoms with van der Waals surface area (Å²) in [5, 5.41) is 13.2. The van der Waals surface area contributed by atoms with Crippen LogP contribution in [0.4, 0.5) is 0 Å². The van der Waals surface area contributed by atoms with E-state index >= 15 is 0 Å². The van der Waals surface area contributed by atoms with Crippen molar-refractivity contribution in [2.75, 3.05) is 14.1 Å². The van der Waals surface area contributed by atoms with Crippen LogP contribution in [0, 0.1) is 13.8 Å². The SMILES string of the molecule is Cc1cccc(C)c1-n1nnnc1C(c1ccc(Cl)cc1)N(C)C. The summed E-state index contributed by atoms with van der Waals surface area (Å²) in [5.74, 6) is 0.778. The summed E-state index contributed by atoms with van der Waals surface area (Å²) in [6, 6.07) is 13.9. The van der Waals surface area contributed by atoms with Gasteiger partial charge in [-0.05, 0) is 67.2 Å². The van der Waals surface area contributed by atoms with E-state index in [1.165, 1.54) is 0 Å². The normalized spacial score (nSPS) is 12.6.